The summed E-state index contributed by atoms with van der Waals surface area (Å²) in [7, 11) is 0. The highest BCUT2D eigenvalue weighted by Gasteiger charge is 2.29. The molecule has 0 radical (unpaired) electrons. The molecule has 1 aromatic carbocycles. The number of aliphatic hydroxyl groups excluding tert-OH is 2. The lowest BCUT2D eigenvalue weighted by Crippen LogP contribution is -2.39. The van der Waals surface area contributed by atoms with E-state index >= 15 is 0 Å². The molecule has 1 saturated heterocycles. The van der Waals surface area contributed by atoms with Gasteiger partial charge in [-0.1, -0.05) is 18.2 Å². The number of aromatic nitrogens is 2. The summed E-state index contributed by atoms with van der Waals surface area (Å²) in [5.74, 6) is -4.19. The molecule has 2 heterocycles. The fourth-order valence-corrected chi connectivity index (χ4v) is 4.05. The molecule has 1 aromatic heterocycles. The smallest absolute Gasteiger partial charge is 0.437 e. The van der Waals surface area contributed by atoms with Crippen LogP contribution in [0.3, 0.4) is 0 Å². The van der Waals surface area contributed by atoms with Gasteiger partial charge in [-0.25, -0.2) is 28.7 Å². The molecule has 9 N–H and O–H groups in total. The molecule has 1 aliphatic rings. The molecule has 17 heteroatoms. The zero-order valence-electron chi connectivity index (χ0n) is 22.9. The lowest BCUT2D eigenvalue weighted by Gasteiger charge is -2.32. The summed E-state index contributed by atoms with van der Waals surface area (Å²) in [6, 6.07) is 4.74. The first-order valence-corrected chi connectivity index (χ1v) is 12.9. The molecule has 0 spiro atoms. The number of aliphatic imine (C=N–C) groups is 1. The number of aliphatic hydroxyl groups is 2. The van der Waals surface area contributed by atoms with Gasteiger partial charge in [0.2, 0.25) is 5.95 Å². The van der Waals surface area contributed by atoms with Crippen molar-refractivity contribution in [2.75, 3.05) is 18.0 Å². The summed E-state index contributed by atoms with van der Waals surface area (Å²) in [6.45, 7) is 1.26. The Morgan fingerprint density at radius 2 is 1.60 bits per heavy atom. The zero-order chi connectivity index (χ0) is 32.1. The van der Waals surface area contributed by atoms with Crippen LogP contribution in [-0.4, -0.2) is 90.8 Å². The predicted molar refractivity (Wildman–Crippen MR) is 147 cm³/mol. The molecule has 0 saturated carbocycles. The number of aliphatic carboxylic acids is 3. The second-order valence-corrected chi connectivity index (χ2v) is 9.42. The van der Waals surface area contributed by atoms with E-state index in [1.807, 2.05) is 0 Å². The molecular formula is C26H33FN6O10. The molecule has 3 rings (SSSR count). The molecule has 1 amide bonds. The first-order chi connectivity index (χ1) is 20.3. The molecule has 0 aliphatic carbocycles. The van der Waals surface area contributed by atoms with Crippen molar-refractivity contribution in [3.05, 3.63) is 42.0 Å². The largest absolute Gasteiger partial charge is 0.481 e. The number of hydrogen-bond acceptors (Lipinski definition) is 10. The lowest BCUT2D eigenvalue weighted by molar-refractivity contribution is -0.165. The van der Waals surface area contributed by atoms with E-state index in [0.29, 0.717) is 23.9 Å². The van der Waals surface area contributed by atoms with Gasteiger partial charge in [-0.3, -0.25) is 4.79 Å². The number of rotatable bonds is 11. The normalized spacial score (nSPS) is 14.4. The first-order valence-electron chi connectivity index (χ1n) is 12.9. The Hall–Kier alpha value is -4.90. The average molecular weight is 609 g/mol. The van der Waals surface area contributed by atoms with Crippen molar-refractivity contribution in [3.63, 3.8) is 0 Å². The number of halogens is 1. The van der Waals surface area contributed by atoms with Crippen molar-refractivity contribution >= 4 is 35.9 Å². The minimum Gasteiger partial charge on any atom is -0.481 e. The number of carbonyl (C=O) groups is 4. The third-order valence-electron chi connectivity index (χ3n) is 6.30. The standard InChI is InChI=1S/C22H27FN6O4.C4H6O6/c23-19-15(13-33-22(32)28-20(24)25)4-2-5-17(19)16-11-26-21(27-12-16)29-9-7-14(8-10-29)3-1-6-18(30)31;5-1(3(7)8)2(6)4(9)10/h2,4-5,11-12,14H,1,3,6-10,13H2,(H,30,31)(H4,24,25,28,32);1-2,5-6H,(H,7,8)(H,9,10)/t;1-,2-/m.1/s1. The number of ether oxygens (including phenoxy) is 1. The Labute approximate surface area is 244 Å². The van der Waals surface area contributed by atoms with E-state index in [9.17, 15) is 23.6 Å². The fourth-order valence-electron chi connectivity index (χ4n) is 4.05. The maximum atomic E-state index is 14.9. The van der Waals surface area contributed by atoms with Gasteiger partial charge >= 0.3 is 24.0 Å². The quantitative estimate of drug-likeness (QED) is 0.135. The van der Waals surface area contributed by atoms with Gasteiger partial charge in [0.25, 0.3) is 0 Å². The summed E-state index contributed by atoms with van der Waals surface area (Å²) >= 11 is 0. The van der Waals surface area contributed by atoms with Gasteiger partial charge in [-0.05, 0) is 31.6 Å². The SMILES string of the molecule is NC(N)=NC(=O)OCc1cccc(-c2cnc(N3CCC(CCCC(=O)O)CC3)nc2)c1F.O=C(O)[C@H](O)[C@@H](O)C(=O)O. The molecule has 2 aromatic rings. The van der Waals surface area contributed by atoms with Crippen molar-refractivity contribution in [2.24, 2.45) is 22.4 Å². The monoisotopic (exact) mass is 608 g/mol. The number of nitrogens with two attached hydrogens (primary N) is 2. The Balaban J connectivity index is 0.000000553. The average Bonchev–Trinajstić information content (AvgIpc) is 2.96. The van der Waals surface area contributed by atoms with E-state index < -0.39 is 48.0 Å². The van der Waals surface area contributed by atoms with Gasteiger partial charge in [0.05, 0.1) is 0 Å². The van der Waals surface area contributed by atoms with Crippen LogP contribution in [0.2, 0.25) is 0 Å². The third kappa shape index (κ3) is 11.1. The second-order valence-electron chi connectivity index (χ2n) is 9.42. The molecule has 1 fully saturated rings. The summed E-state index contributed by atoms with van der Waals surface area (Å²) in [5, 5.41) is 41.3. The molecular weight excluding hydrogens is 575 g/mol. The van der Waals surface area contributed by atoms with Crippen molar-refractivity contribution in [1.82, 2.24) is 9.97 Å². The van der Waals surface area contributed by atoms with Crippen LogP contribution < -0.4 is 16.4 Å². The Morgan fingerprint density at radius 3 is 2.12 bits per heavy atom. The molecule has 234 valence electrons. The van der Waals surface area contributed by atoms with Crippen LogP contribution in [0.4, 0.5) is 15.1 Å². The zero-order valence-corrected chi connectivity index (χ0v) is 22.9. The Kier molecular flexibility index (Phi) is 13.2. The van der Waals surface area contributed by atoms with Crippen LogP contribution in [0.25, 0.3) is 11.1 Å². The molecule has 0 bridgehead atoms. The van der Waals surface area contributed by atoms with Crippen LogP contribution in [0, 0.1) is 11.7 Å². The van der Waals surface area contributed by atoms with Gasteiger partial charge in [0.15, 0.2) is 18.2 Å². The van der Waals surface area contributed by atoms with E-state index in [0.717, 1.165) is 32.4 Å². The Bertz CT molecular complexity index is 1280. The number of carboxylic acid groups (broad SMARTS) is 3. The van der Waals surface area contributed by atoms with Crippen LogP contribution >= 0.6 is 0 Å². The van der Waals surface area contributed by atoms with Gasteiger partial charge in [0, 0.05) is 48.6 Å². The summed E-state index contributed by atoms with van der Waals surface area (Å²) in [6.07, 6.45) is 1.33. The lowest BCUT2D eigenvalue weighted by atomic mass is 9.92. The number of hydrogen-bond donors (Lipinski definition) is 7. The van der Waals surface area contributed by atoms with Crippen molar-refractivity contribution in [2.45, 2.75) is 50.9 Å². The maximum absolute atomic E-state index is 14.9. The van der Waals surface area contributed by atoms with Crippen molar-refractivity contribution in [3.8, 4) is 11.1 Å². The van der Waals surface area contributed by atoms with Gasteiger partial charge in [-0.15, -0.1) is 4.99 Å². The van der Waals surface area contributed by atoms with Crippen LogP contribution in [0.15, 0.2) is 35.6 Å². The second kappa shape index (κ2) is 16.5. The molecule has 1 aliphatic heterocycles. The van der Waals surface area contributed by atoms with Crippen molar-refractivity contribution < 1.29 is 53.8 Å². The number of amides is 1. The minimum atomic E-state index is -2.27. The first kappa shape index (κ1) is 34.3. The topological polar surface area (TPSA) is 272 Å². The molecule has 0 unspecified atom stereocenters. The van der Waals surface area contributed by atoms with Gasteiger partial charge < -0.3 is 46.6 Å². The van der Waals surface area contributed by atoms with Gasteiger partial charge in [-0.2, -0.15) is 0 Å². The van der Waals surface area contributed by atoms with E-state index in [4.69, 9.17) is 41.7 Å². The molecule has 16 nitrogen and oxygen atoms in total. The number of carboxylic acids is 3. The maximum Gasteiger partial charge on any atom is 0.437 e. The number of piperidine rings is 1. The fraction of sp³-hybridized carbons (Fsp3) is 0.423. The van der Waals surface area contributed by atoms with E-state index in [2.05, 4.69) is 19.9 Å². The van der Waals surface area contributed by atoms with E-state index in [1.54, 1.807) is 24.5 Å². The predicted octanol–water partition coefficient (Wildman–Crippen LogP) is 0.541. The van der Waals surface area contributed by atoms with Crippen LogP contribution in [0.1, 0.15) is 37.7 Å². The highest BCUT2D eigenvalue weighted by molar-refractivity contribution is 5.87. The number of benzene rings is 1. The highest BCUT2D eigenvalue weighted by Crippen LogP contribution is 2.27. The Morgan fingerprint density at radius 1 is 1.02 bits per heavy atom. The minimum absolute atomic E-state index is 0.167. The number of carbonyl (C=O) groups excluding carboxylic acids is 1. The summed E-state index contributed by atoms with van der Waals surface area (Å²) in [4.78, 5) is 55.8. The third-order valence-corrected chi connectivity index (χ3v) is 6.30. The summed E-state index contributed by atoms with van der Waals surface area (Å²) in [5.41, 5.74) is 11.2. The highest BCUT2D eigenvalue weighted by atomic mass is 19.1. The van der Waals surface area contributed by atoms with Gasteiger partial charge in [0.1, 0.15) is 12.4 Å². The van der Waals surface area contributed by atoms with Crippen LogP contribution in [-0.2, 0) is 25.7 Å². The molecule has 43 heavy (non-hydrogen) atoms. The number of nitrogens with zero attached hydrogens (tertiary/aromatic N) is 4. The van der Waals surface area contributed by atoms with Crippen LogP contribution in [0.5, 0.6) is 0 Å². The number of guanidine groups is 1. The van der Waals surface area contributed by atoms with E-state index in [-0.39, 0.29) is 24.2 Å². The van der Waals surface area contributed by atoms with E-state index in [1.165, 1.54) is 6.07 Å². The van der Waals surface area contributed by atoms with Crippen molar-refractivity contribution in [1.29, 1.82) is 0 Å². The molecule has 2 atom stereocenters. The number of anilines is 1. The summed E-state index contributed by atoms with van der Waals surface area (Å²) < 4.78 is 19.8.